The maximum absolute atomic E-state index is 11.5. The second kappa shape index (κ2) is 4.01. The van der Waals surface area contributed by atoms with Crippen LogP contribution in [0.4, 0.5) is 5.69 Å². The van der Waals surface area contributed by atoms with E-state index in [4.69, 9.17) is 0 Å². The van der Waals surface area contributed by atoms with Crippen molar-refractivity contribution in [3.63, 3.8) is 0 Å². The molecule has 0 spiro atoms. The van der Waals surface area contributed by atoms with Gasteiger partial charge in [-0.05, 0) is 37.1 Å². The second-order valence-electron chi connectivity index (χ2n) is 4.15. The van der Waals surface area contributed by atoms with Crippen LogP contribution in [-0.2, 0) is 4.79 Å². The highest BCUT2D eigenvalue weighted by Crippen LogP contribution is 2.30. The standard InChI is InChI=1S/C12H12N4O/c17-12(9-1-2-9)15-10-3-5-11(6-4-10)16-8-13-7-14-16/h3-9H,1-2H2,(H,15,17). The monoisotopic (exact) mass is 228 g/mol. The van der Waals surface area contributed by atoms with Crippen molar-refractivity contribution in [3.8, 4) is 5.69 Å². The molecule has 3 rings (SSSR count). The topological polar surface area (TPSA) is 59.8 Å². The van der Waals surface area contributed by atoms with Crippen molar-refractivity contribution in [1.82, 2.24) is 14.8 Å². The van der Waals surface area contributed by atoms with Gasteiger partial charge in [-0.3, -0.25) is 4.79 Å². The van der Waals surface area contributed by atoms with Gasteiger partial charge in [0.25, 0.3) is 0 Å². The number of nitrogens with zero attached hydrogens (tertiary/aromatic N) is 3. The summed E-state index contributed by atoms with van der Waals surface area (Å²) in [4.78, 5) is 15.4. The minimum atomic E-state index is 0.124. The van der Waals surface area contributed by atoms with Crippen LogP contribution in [0, 0.1) is 5.92 Å². The number of amides is 1. The fourth-order valence-electron chi connectivity index (χ4n) is 1.63. The van der Waals surface area contributed by atoms with Crippen LogP contribution in [0.2, 0.25) is 0 Å². The SMILES string of the molecule is O=C(Nc1ccc(-n2cncn2)cc1)C1CC1. The Bertz CT molecular complexity index is 514. The maximum atomic E-state index is 11.5. The highest BCUT2D eigenvalue weighted by Gasteiger charge is 2.29. The molecule has 0 bridgehead atoms. The zero-order valence-corrected chi connectivity index (χ0v) is 9.21. The molecule has 0 saturated heterocycles. The first-order valence-electron chi connectivity index (χ1n) is 5.59. The number of carbonyl (C=O) groups is 1. The Morgan fingerprint density at radius 3 is 2.65 bits per heavy atom. The quantitative estimate of drug-likeness (QED) is 0.868. The third-order valence-corrected chi connectivity index (χ3v) is 2.77. The minimum absolute atomic E-state index is 0.124. The Morgan fingerprint density at radius 1 is 1.29 bits per heavy atom. The van der Waals surface area contributed by atoms with E-state index in [2.05, 4.69) is 15.4 Å². The van der Waals surface area contributed by atoms with Gasteiger partial charge in [-0.25, -0.2) is 9.67 Å². The molecule has 0 unspecified atom stereocenters. The Labute approximate surface area is 98.5 Å². The summed E-state index contributed by atoms with van der Waals surface area (Å²) >= 11 is 0. The van der Waals surface area contributed by atoms with Crippen LogP contribution in [0.5, 0.6) is 0 Å². The van der Waals surface area contributed by atoms with Crippen LogP contribution in [0.25, 0.3) is 5.69 Å². The predicted molar refractivity (Wildman–Crippen MR) is 62.7 cm³/mol. The van der Waals surface area contributed by atoms with Gasteiger partial charge in [0.1, 0.15) is 12.7 Å². The lowest BCUT2D eigenvalue weighted by atomic mass is 10.2. The summed E-state index contributed by atoms with van der Waals surface area (Å²) in [6.45, 7) is 0. The van der Waals surface area contributed by atoms with Gasteiger partial charge >= 0.3 is 0 Å². The van der Waals surface area contributed by atoms with E-state index in [0.29, 0.717) is 0 Å². The smallest absolute Gasteiger partial charge is 0.227 e. The summed E-state index contributed by atoms with van der Waals surface area (Å²) in [5.41, 5.74) is 1.75. The van der Waals surface area contributed by atoms with Gasteiger partial charge in [0, 0.05) is 11.6 Å². The van der Waals surface area contributed by atoms with E-state index in [1.54, 1.807) is 11.0 Å². The molecule has 0 aliphatic heterocycles. The van der Waals surface area contributed by atoms with Gasteiger partial charge < -0.3 is 5.32 Å². The van der Waals surface area contributed by atoms with Crippen molar-refractivity contribution in [1.29, 1.82) is 0 Å². The van der Waals surface area contributed by atoms with Crippen LogP contribution >= 0.6 is 0 Å². The Morgan fingerprint density at radius 2 is 2.06 bits per heavy atom. The normalized spacial score (nSPS) is 14.6. The van der Waals surface area contributed by atoms with Crippen molar-refractivity contribution in [2.75, 3.05) is 5.32 Å². The van der Waals surface area contributed by atoms with Crippen molar-refractivity contribution >= 4 is 11.6 Å². The van der Waals surface area contributed by atoms with Crippen LogP contribution in [0.3, 0.4) is 0 Å². The van der Waals surface area contributed by atoms with Gasteiger partial charge in [-0.1, -0.05) is 0 Å². The lowest BCUT2D eigenvalue weighted by Gasteiger charge is -2.05. The molecule has 1 amide bonds. The summed E-state index contributed by atoms with van der Waals surface area (Å²) < 4.78 is 1.67. The zero-order chi connectivity index (χ0) is 11.7. The highest BCUT2D eigenvalue weighted by molar-refractivity contribution is 5.94. The number of carbonyl (C=O) groups excluding carboxylic acids is 1. The molecule has 86 valence electrons. The number of benzene rings is 1. The van der Waals surface area contributed by atoms with Crippen LogP contribution < -0.4 is 5.32 Å². The van der Waals surface area contributed by atoms with Crippen LogP contribution in [-0.4, -0.2) is 20.7 Å². The molecule has 1 aromatic carbocycles. The fraction of sp³-hybridized carbons (Fsp3) is 0.250. The van der Waals surface area contributed by atoms with Gasteiger partial charge in [0.2, 0.25) is 5.91 Å². The van der Waals surface area contributed by atoms with Gasteiger partial charge in [-0.2, -0.15) is 5.10 Å². The van der Waals surface area contributed by atoms with Crippen molar-refractivity contribution in [2.45, 2.75) is 12.8 Å². The second-order valence-corrected chi connectivity index (χ2v) is 4.15. The number of anilines is 1. The molecule has 1 saturated carbocycles. The number of aromatic nitrogens is 3. The highest BCUT2D eigenvalue weighted by atomic mass is 16.2. The molecule has 17 heavy (non-hydrogen) atoms. The molecule has 0 atom stereocenters. The van der Waals surface area contributed by atoms with E-state index in [-0.39, 0.29) is 11.8 Å². The summed E-state index contributed by atoms with van der Waals surface area (Å²) in [6, 6.07) is 7.54. The molecule has 1 heterocycles. The average molecular weight is 228 g/mol. The first-order chi connectivity index (χ1) is 8.33. The molecule has 1 aromatic heterocycles. The third kappa shape index (κ3) is 2.18. The minimum Gasteiger partial charge on any atom is -0.326 e. The van der Waals surface area contributed by atoms with E-state index in [0.717, 1.165) is 24.2 Å². The zero-order valence-electron chi connectivity index (χ0n) is 9.21. The number of hydrogen-bond acceptors (Lipinski definition) is 3. The first-order valence-corrected chi connectivity index (χ1v) is 5.59. The van der Waals surface area contributed by atoms with E-state index < -0.39 is 0 Å². The van der Waals surface area contributed by atoms with Gasteiger partial charge in [-0.15, -0.1) is 0 Å². The summed E-state index contributed by atoms with van der Waals surface area (Å²) in [5, 5.41) is 6.93. The molecule has 1 N–H and O–H groups in total. The Balaban J connectivity index is 1.73. The number of rotatable bonds is 3. The molecule has 1 fully saturated rings. The molecular weight excluding hydrogens is 216 g/mol. The van der Waals surface area contributed by atoms with Gasteiger partial charge in [0.15, 0.2) is 0 Å². The van der Waals surface area contributed by atoms with E-state index in [9.17, 15) is 4.79 Å². The molecule has 0 radical (unpaired) electrons. The van der Waals surface area contributed by atoms with Crippen LogP contribution in [0.15, 0.2) is 36.9 Å². The molecule has 5 heteroatoms. The largest absolute Gasteiger partial charge is 0.326 e. The first kappa shape index (κ1) is 10.0. The molecule has 2 aromatic rings. The summed E-state index contributed by atoms with van der Waals surface area (Å²) in [5.74, 6) is 0.350. The van der Waals surface area contributed by atoms with Crippen molar-refractivity contribution in [2.24, 2.45) is 5.92 Å². The Hall–Kier alpha value is -2.17. The average Bonchev–Trinajstić information content (AvgIpc) is 3.07. The van der Waals surface area contributed by atoms with Crippen molar-refractivity contribution in [3.05, 3.63) is 36.9 Å². The lowest BCUT2D eigenvalue weighted by molar-refractivity contribution is -0.117. The number of nitrogens with one attached hydrogen (secondary N) is 1. The summed E-state index contributed by atoms with van der Waals surface area (Å²) in [7, 11) is 0. The van der Waals surface area contributed by atoms with Gasteiger partial charge in [0.05, 0.1) is 5.69 Å². The van der Waals surface area contributed by atoms with E-state index in [1.165, 1.54) is 6.33 Å². The van der Waals surface area contributed by atoms with Crippen LogP contribution in [0.1, 0.15) is 12.8 Å². The van der Waals surface area contributed by atoms with E-state index in [1.807, 2.05) is 24.3 Å². The fourth-order valence-corrected chi connectivity index (χ4v) is 1.63. The predicted octanol–water partition coefficient (Wildman–Crippen LogP) is 1.62. The maximum Gasteiger partial charge on any atom is 0.227 e. The molecule has 5 nitrogen and oxygen atoms in total. The third-order valence-electron chi connectivity index (χ3n) is 2.77. The number of hydrogen-bond donors (Lipinski definition) is 1. The Kier molecular flexibility index (Phi) is 2.36. The molecular formula is C12H12N4O. The lowest BCUT2D eigenvalue weighted by Crippen LogP contribution is -2.13. The summed E-state index contributed by atoms with van der Waals surface area (Å²) in [6.07, 6.45) is 5.16. The van der Waals surface area contributed by atoms with E-state index >= 15 is 0 Å². The van der Waals surface area contributed by atoms with Crippen molar-refractivity contribution < 1.29 is 4.79 Å². The molecule has 1 aliphatic rings. The molecule has 1 aliphatic carbocycles.